The van der Waals surface area contributed by atoms with Gasteiger partial charge >= 0.3 is 0 Å². The van der Waals surface area contributed by atoms with E-state index in [1.54, 1.807) is 12.1 Å². The summed E-state index contributed by atoms with van der Waals surface area (Å²) in [6, 6.07) is 5.49. The van der Waals surface area contributed by atoms with Gasteiger partial charge in [0, 0.05) is 16.0 Å². The number of sulfone groups is 1. The van der Waals surface area contributed by atoms with Gasteiger partial charge in [-0.15, -0.1) is 0 Å². The molecule has 17 heavy (non-hydrogen) atoms. The minimum atomic E-state index is -3.24. The lowest BCUT2D eigenvalue weighted by atomic mass is 10.3. The average molecular weight is 363 g/mol. The van der Waals surface area contributed by atoms with Crippen LogP contribution in [0.5, 0.6) is 0 Å². The van der Waals surface area contributed by atoms with E-state index in [1.807, 2.05) is 6.07 Å². The van der Waals surface area contributed by atoms with E-state index < -0.39 is 9.84 Å². The van der Waals surface area contributed by atoms with Crippen molar-refractivity contribution in [1.29, 1.82) is 0 Å². The minimum Gasteiger partial charge on any atom is -0.397 e. The summed E-state index contributed by atoms with van der Waals surface area (Å²) in [7, 11) is -3.24. The topological polar surface area (TPSA) is 78.0 Å². The Morgan fingerprint density at radius 2 is 2.12 bits per heavy atom. The Morgan fingerprint density at radius 3 is 2.65 bits per heavy atom. The van der Waals surface area contributed by atoms with Gasteiger partial charge in [0.05, 0.1) is 17.6 Å². The number of halogens is 1. The first-order valence-corrected chi connectivity index (χ1v) is 7.65. The van der Waals surface area contributed by atoms with Gasteiger partial charge in [0.25, 0.3) is 0 Å². The zero-order valence-electron chi connectivity index (χ0n) is 8.96. The number of benzene rings is 1. The largest absolute Gasteiger partial charge is 0.397 e. The van der Waals surface area contributed by atoms with Gasteiger partial charge in [0.15, 0.2) is 9.84 Å². The standard InChI is InChI=1S/C10H10IN3O2S/c1-17(15,16)8-5-13-14(6-8)10-3-2-7(11)4-9(10)12/h2-6H,12H2,1H3. The van der Waals surface area contributed by atoms with Crippen LogP contribution in [0.1, 0.15) is 0 Å². The Kier molecular flexibility index (Phi) is 3.13. The van der Waals surface area contributed by atoms with Crippen molar-refractivity contribution < 1.29 is 8.42 Å². The van der Waals surface area contributed by atoms with Crippen LogP contribution in [0.2, 0.25) is 0 Å². The Bertz CT molecular complexity index is 664. The van der Waals surface area contributed by atoms with Crippen molar-refractivity contribution in [1.82, 2.24) is 9.78 Å². The molecule has 2 N–H and O–H groups in total. The summed E-state index contributed by atoms with van der Waals surface area (Å²) in [5, 5.41) is 4.00. The second-order valence-corrected chi connectivity index (χ2v) is 6.86. The third kappa shape index (κ3) is 2.60. The summed E-state index contributed by atoms with van der Waals surface area (Å²) in [4.78, 5) is 0.176. The van der Waals surface area contributed by atoms with Crippen LogP contribution in [0.25, 0.3) is 5.69 Å². The highest BCUT2D eigenvalue weighted by Crippen LogP contribution is 2.20. The fourth-order valence-corrected chi connectivity index (χ4v) is 2.41. The third-order valence-corrected chi connectivity index (χ3v) is 3.96. The van der Waals surface area contributed by atoms with Crippen molar-refractivity contribution in [2.75, 3.05) is 12.0 Å². The first kappa shape index (κ1) is 12.4. The van der Waals surface area contributed by atoms with E-state index >= 15 is 0 Å². The van der Waals surface area contributed by atoms with Crippen LogP contribution in [0.3, 0.4) is 0 Å². The highest BCUT2D eigenvalue weighted by molar-refractivity contribution is 14.1. The van der Waals surface area contributed by atoms with Crippen molar-refractivity contribution >= 4 is 38.1 Å². The molecule has 0 aliphatic heterocycles. The van der Waals surface area contributed by atoms with Crippen LogP contribution in [-0.4, -0.2) is 24.5 Å². The molecule has 0 fully saturated rings. The van der Waals surface area contributed by atoms with Crippen LogP contribution in [0.15, 0.2) is 35.5 Å². The molecule has 0 bridgehead atoms. The molecule has 0 saturated heterocycles. The van der Waals surface area contributed by atoms with Crippen molar-refractivity contribution in [3.8, 4) is 5.69 Å². The monoisotopic (exact) mass is 363 g/mol. The van der Waals surface area contributed by atoms with Crippen molar-refractivity contribution in [2.24, 2.45) is 0 Å². The number of nitrogens with two attached hydrogens (primary N) is 1. The minimum absolute atomic E-state index is 0.176. The molecule has 0 amide bonds. The van der Waals surface area contributed by atoms with Gasteiger partial charge in [0.2, 0.25) is 0 Å². The van der Waals surface area contributed by atoms with Crippen LogP contribution in [-0.2, 0) is 9.84 Å². The second kappa shape index (κ2) is 4.30. The van der Waals surface area contributed by atoms with Gasteiger partial charge in [-0.2, -0.15) is 5.10 Å². The number of anilines is 1. The zero-order valence-corrected chi connectivity index (χ0v) is 11.9. The summed E-state index contributed by atoms with van der Waals surface area (Å²) in [5.74, 6) is 0. The van der Waals surface area contributed by atoms with Crippen LogP contribution < -0.4 is 5.73 Å². The maximum atomic E-state index is 11.3. The van der Waals surface area contributed by atoms with E-state index in [0.29, 0.717) is 11.4 Å². The number of nitrogen functional groups attached to an aromatic ring is 1. The van der Waals surface area contributed by atoms with E-state index in [-0.39, 0.29) is 4.90 Å². The molecule has 0 unspecified atom stereocenters. The summed E-state index contributed by atoms with van der Waals surface area (Å²) in [5.41, 5.74) is 7.08. The van der Waals surface area contributed by atoms with Crippen molar-refractivity contribution in [3.05, 3.63) is 34.2 Å². The van der Waals surface area contributed by atoms with Gasteiger partial charge in [-0.3, -0.25) is 0 Å². The van der Waals surface area contributed by atoms with E-state index in [4.69, 9.17) is 5.73 Å². The number of aromatic nitrogens is 2. The predicted octanol–water partition coefficient (Wildman–Crippen LogP) is 1.46. The van der Waals surface area contributed by atoms with Gasteiger partial charge in [-0.1, -0.05) is 0 Å². The molecule has 0 aliphatic carbocycles. The molecule has 90 valence electrons. The van der Waals surface area contributed by atoms with Crippen LogP contribution in [0.4, 0.5) is 5.69 Å². The average Bonchev–Trinajstić information content (AvgIpc) is 2.65. The SMILES string of the molecule is CS(=O)(=O)c1cnn(-c2ccc(I)cc2N)c1. The third-order valence-electron chi connectivity index (χ3n) is 2.22. The van der Waals surface area contributed by atoms with Gasteiger partial charge in [-0.05, 0) is 40.8 Å². The Balaban J connectivity index is 2.51. The smallest absolute Gasteiger partial charge is 0.178 e. The molecular formula is C10H10IN3O2S. The summed E-state index contributed by atoms with van der Waals surface area (Å²) >= 11 is 2.15. The molecule has 2 rings (SSSR count). The lowest BCUT2D eigenvalue weighted by Gasteiger charge is -2.05. The van der Waals surface area contributed by atoms with Crippen molar-refractivity contribution in [2.45, 2.75) is 4.90 Å². The Labute approximate surface area is 113 Å². The molecule has 0 radical (unpaired) electrons. The number of hydrogen-bond donors (Lipinski definition) is 1. The lowest BCUT2D eigenvalue weighted by molar-refractivity contribution is 0.602. The van der Waals surface area contributed by atoms with E-state index in [9.17, 15) is 8.42 Å². The number of rotatable bonds is 2. The Hall–Kier alpha value is -1.09. The molecule has 1 aromatic carbocycles. The number of nitrogens with zero attached hydrogens (tertiary/aromatic N) is 2. The molecule has 0 aliphatic rings. The van der Waals surface area contributed by atoms with Gasteiger partial charge in [-0.25, -0.2) is 13.1 Å². The van der Waals surface area contributed by atoms with Crippen LogP contribution in [0, 0.1) is 3.57 Å². The maximum absolute atomic E-state index is 11.3. The molecule has 1 heterocycles. The van der Waals surface area contributed by atoms with E-state index in [2.05, 4.69) is 27.7 Å². The molecule has 7 heteroatoms. The molecule has 5 nitrogen and oxygen atoms in total. The Morgan fingerprint density at radius 1 is 1.41 bits per heavy atom. The fraction of sp³-hybridized carbons (Fsp3) is 0.100. The molecule has 0 spiro atoms. The van der Waals surface area contributed by atoms with E-state index in [1.165, 1.54) is 17.1 Å². The molecule has 0 saturated carbocycles. The molecule has 0 atom stereocenters. The summed E-state index contributed by atoms with van der Waals surface area (Å²) in [6.07, 6.45) is 3.91. The fourth-order valence-electron chi connectivity index (χ4n) is 1.36. The van der Waals surface area contributed by atoms with Gasteiger partial charge < -0.3 is 5.73 Å². The zero-order chi connectivity index (χ0) is 12.6. The summed E-state index contributed by atoms with van der Waals surface area (Å²) < 4.78 is 25.1. The molecule has 2 aromatic rings. The second-order valence-electron chi connectivity index (χ2n) is 3.60. The highest BCUT2D eigenvalue weighted by atomic mass is 127. The first-order valence-electron chi connectivity index (χ1n) is 4.68. The number of hydrogen-bond acceptors (Lipinski definition) is 4. The van der Waals surface area contributed by atoms with Crippen LogP contribution >= 0.6 is 22.6 Å². The lowest BCUT2D eigenvalue weighted by Crippen LogP contribution is -2.00. The van der Waals surface area contributed by atoms with Gasteiger partial charge in [0.1, 0.15) is 4.90 Å². The molecule has 1 aromatic heterocycles. The summed E-state index contributed by atoms with van der Waals surface area (Å²) in [6.45, 7) is 0. The maximum Gasteiger partial charge on any atom is 0.178 e. The van der Waals surface area contributed by atoms with Crippen molar-refractivity contribution in [3.63, 3.8) is 0 Å². The predicted molar refractivity (Wildman–Crippen MR) is 73.8 cm³/mol. The molecular weight excluding hydrogens is 353 g/mol. The van der Waals surface area contributed by atoms with E-state index in [0.717, 1.165) is 9.83 Å². The quantitative estimate of drug-likeness (QED) is 0.648. The first-order chi connectivity index (χ1) is 7.88. The normalized spacial score (nSPS) is 11.6. The highest BCUT2D eigenvalue weighted by Gasteiger charge is 2.11.